The Morgan fingerprint density at radius 2 is 2.25 bits per heavy atom. The van der Waals surface area contributed by atoms with Gasteiger partial charge in [-0.3, -0.25) is 14.6 Å². The number of fused-ring (bicyclic) bond motifs is 1. The van der Waals surface area contributed by atoms with E-state index in [1.54, 1.807) is 6.20 Å². The lowest BCUT2D eigenvalue weighted by atomic mass is 9.90. The number of hydrogen-bond donors (Lipinski definition) is 0. The monoisotopic (exact) mass is 341 g/mol. The first-order valence-electron chi connectivity index (χ1n) is 8.40. The van der Waals surface area contributed by atoms with Gasteiger partial charge in [0.05, 0.1) is 17.8 Å². The average Bonchev–Trinajstić information content (AvgIpc) is 3.26. The SMILES string of the molecule is O=C1CCN(C(=O)Cc2csc(-c3ccccn3)n2)[C@@H]2CCC[C@H]12. The number of likely N-dealkylation sites (tertiary alicyclic amines) is 1. The van der Waals surface area contributed by atoms with Crippen LogP contribution < -0.4 is 0 Å². The van der Waals surface area contributed by atoms with E-state index < -0.39 is 0 Å². The Morgan fingerprint density at radius 3 is 3.08 bits per heavy atom. The largest absolute Gasteiger partial charge is 0.338 e. The molecule has 1 aliphatic carbocycles. The number of pyridine rings is 1. The highest BCUT2D eigenvalue weighted by atomic mass is 32.1. The summed E-state index contributed by atoms with van der Waals surface area (Å²) < 4.78 is 0. The van der Waals surface area contributed by atoms with Gasteiger partial charge < -0.3 is 4.90 Å². The lowest BCUT2D eigenvalue weighted by Gasteiger charge is -2.36. The molecule has 24 heavy (non-hydrogen) atoms. The zero-order valence-electron chi connectivity index (χ0n) is 13.4. The van der Waals surface area contributed by atoms with Crippen LogP contribution >= 0.6 is 11.3 Å². The molecule has 2 atom stereocenters. The highest BCUT2D eigenvalue weighted by molar-refractivity contribution is 7.13. The second-order valence-electron chi connectivity index (χ2n) is 6.44. The van der Waals surface area contributed by atoms with Crippen molar-refractivity contribution < 1.29 is 9.59 Å². The molecule has 2 aliphatic rings. The molecule has 2 fully saturated rings. The average molecular weight is 341 g/mol. The molecule has 124 valence electrons. The maximum atomic E-state index is 12.7. The van der Waals surface area contributed by atoms with E-state index in [4.69, 9.17) is 0 Å². The minimum Gasteiger partial charge on any atom is -0.338 e. The number of amides is 1. The van der Waals surface area contributed by atoms with Crippen LogP contribution in [0.1, 0.15) is 31.4 Å². The van der Waals surface area contributed by atoms with Crippen molar-refractivity contribution in [3.8, 4) is 10.7 Å². The fraction of sp³-hybridized carbons (Fsp3) is 0.444. The van der Waals surface area contributed by atoms with Crippen molar-refractivity contribution in [3.05, 3.63) is 35.5 Å². The normalized spacial score (nSPS) is 23.3. The second kappa shape index (κ2) is 6.43. The third-order valence-corrected chi connectivity index (χ3v) is 5.89. The number of piperidine rings is 1. The molecule has 6 heteroatoms. The van der Waals surface area contributed by atoms with Crippen LogP contribution in [0.3, 0.4) is 0 Å². The third-order valence-electron chi connectivity index (χ3n) is 4.98. The van der Waals surface area contributed by atoms with Gasteiger partial charge in [0.15, 0.2) is 0 Å². The molecule has 0 radical (unpaired) electrons. The minimum atomic E-state index is 0.0715. The smallest absolute Gasteiger partial charge is 0.228 e. The van der Waals surface area contributed by atoms with Crippen LogP contribution in [0, 0.1) is 5.92 Å². The van der Waals surface area contributed by atoms with E-state index in [-0.39, 0.29) is 17.9 Å². The number of rotatable bonds is 3. The van der Waals surface area contributed by atoms with E-state index >= 15 is 0 Å². The van der Waals surface area contributed by atoms with Crippen LogP contribution in [-0.2, 0) is 16.0 Å². The minimum absolute atomic E-state index is 0.0715. The van der Waals surface area contributed by atoms with Crippen molar-refractivity contribution in [1.82, 2.24) is 14.9 Å². The topological polar surface area (TPSA) is 63.2 Å². The zero-order valence-corrected chi connectivity index (χ0v) is 14.2. The predicted molar refractivity (Wildman–Crippen MR) is 91.5 cm³/mol. The number of ketones is 1. The summed E-state index contributed by atoms with van der Waals surface area (Å²) in [6.07, 6.45) is 5.49. The van der Waals surface area contributed by atoms with E-state index in [1.807, 2.05) is 28.5 Å². The van der Waals surface area contributed by atoms with Gasteiger partial charge in [-0.1, -0.05) is 12.5 Å². The van der Waals surface area contributed by atoms with E-state index in [9.17, 15) is 9.59 Å². The number of carbonyl (C=O) groups excluding carboxylic acids is 2. The number of carbonyl (C=O) groups is 2. The van der Waals surface area contributed by atoms with Crippen LogP contribution in [-0.4, -0.2) is 39.1 Å². The van der Waals surface area contributed by atoms with E-state index in [1.165, 1.54) is 11.3 Å². The summed E-state index contributed by atoms with van der Waals surface area (Å²) in [7, 11) is 0. The van der Waals surface area contributed by atoms with Crippen molar-refractivity contribution >= 4 is 23.0 Å². The molecule has 3 heterocycles. The Kier molecular flexibility index (Phi) is 4.14. The molecule has 0 aromatic carbocycles. The first-order chi connectivity index (χ1) is 11.7. The maximum absolute atomic E-state index is 12.7. The summed E-state index contributed by atoms with van der Waals surface area (Å²) in [6.45, 7) is 0.566. The van der Waals surface area contributed by atoms with Crippen LogP contribution in [0.4, 0.5) is 0 Å². The van der Waals surface area contributed by atoms with Crippen molar-refractivity contribution in [3.63, 3.8) is 0 Å². The third kappa shape index (κ3) is 2.86. The molecule has 2 aromatic rings. The molecule has 5 nitrogen and oxygen atoms in total. The summed E-state index contributed by atoms with van der Waals surface area (Å²) >= 11 is 1.51. The Labute approximate surface area is 144 Å². The number of Topliss-reactive ketones (excluding diaryl/α,β-unsaturated/α-hetero) is 1. The lowest BCUT2D eigenvalue weighted by molar-refractivity contribution is -0.140. The predicted octanol–water partition coefficient (Wildman–Crippen LogP) is 2.72. The molecule has 0 unspecified atom stereocenters. The maximum Gasteiger partial charge on any atom is 0.228 e. The quantitative estimate of drug-likeness (QED) is 0.861. The van der Waals surface area contributed by atoms with Gasteiger partial charge in [0.2, 0.25) is 5.91 Å². The van der Waals surface area contributed by atoms with Gasteiger partial charge in [0.25, 0.3) is 0 Å². The van der Waals surface area contributed by atoms with Gasteiger partial charge in [0, 0.05) is 36.5 Å². The summed E-state index contributed by atoms with van der Waals surface area (Å²) in [6, 6.07) is 5.84. The number of nitrogens with zero attached hydrogens (tertiary/aromatic N) is 3. The Hall–Kier alpha value is -2.08. The van der Waals surface area contributed by atoms with Crippen LogP contribution in [0.5, 0.6) is 0 Å². The van der Waals surface area contributed by atoms with Crippen LogP contribution in [0.25, 0.3) is 10.7 Å². The molecular weight excluding hydrogens is 322 g/mol. The van der Waals surface area contributed by atoms with Gasteiger partial charge in [-0.15, -0.1) is 11.3 Å². The molecule has 4 rings (SSSR count). The lowest BCUT2D eigenvalue weighted by Crippen LogP contribution is -2.50. The molecule has 2 aromatic heterocycles. The van der Waals surface area contributed by atoms with Gasteiger partial charge in [0.1, 0.15) is 10.8 Å². The summed E-state index contributed by atoms with van der Waals surface area (Å²) in [5, 5.41) is 2.77. The molecule has 0 spiro atoms. The van der Waals surface area contributed by atoms with Crippen molar-refractivity contribution in [2.75, 3.05) is 6.54 Å². The van der Waals surface area contributed by atoms with Crippen molar-refractivity contribution in [2.24, 2.45) is 5.92 Å². The van der Waals surface area contributed by atoms with Gasteiger partial charge in [-0.25, -0.2) is 4.98 Å². The van der Waals surface area contributed by atoms with Crippen LogP contribution in [0.15, 0.2) is 29.8 Å². The zero-order chi connectivity index (χ0) is 16.5. The van der Waals surface area contributed by atoms with Gasteiger partial charge in [-0.05, 0) is 25.0 Å². The summed E-state index contributed by atoms with van der Waals surface area (Å²) in [5.74, 6) is 0.507. The van der Waals surface area contributed by atoms with Crippen molar-refractivity contribution in [2.45, 2.75) is 38.1 Å². The number of aromatic nitrogens is 2. The molecule has 1 saturated carbocycles. The highest BCUT2D eigenvalue weighted by Gasteiger charge is 2.41. The molecule has 0 N–H and O–H groups in total. The van der Waals surface area contributed by atoms with Gasteiger partial charge >= 0.3 is 0 Å². The van der Waals surface area contributed by atoms with Crippen molar-refractivity contribution in [1.29, 1.82) is 0 Å². The Balaban J connectivity index is 1.47. The summed E-state index contributed by atoms with van der Waals surface area (Å²) in [4.78, 5) is 35.5. The Morgan fingerprint density at radius 1 is 1.33 bits per heavy atom. The van der Waals surface area contributed by atoms with E-state index in [0.717, 1.165) is 35.7 Å². The second-order valence-corrected chi connectivity index (χ2v) is 7.30. The van der Waals surface area contributed by atoms with Gasteiger partial charge in [-0.2, -0.15) is 0 Å². The first-order valence-corrected chi connectivity index (χ1v) is 9.28. The van der Waals surface area contributed by atoms with E-state index in [0.29, 0.717) is 25.2 Å². The Bertz CT molecular complexity index is 759. The standard InChI is InChI=1S/C18H19N3O2S/c22-16-7-9-21(15-6-3-4-13(15)16)17(23)10-12-11-24-18(20-12)14-5-1-2-8-19-14/h1-2,5,8,11,13,15H,3-4,6-7,9-10H2/t13-,15+/m0/s1. The van der Waals surface area contributed by atoms with Crippen LogP contribution in [0.2, 0.25) is 0 Å². The number of hydrogen-bond acceptors (Lipinski definition) is 5. The molecule has 0 bridgehead atoms. The molecule has 1 saturated heterocycles. The fourth-order valence-electron chi connectivity index (χ4n) is 3.83. The number of thiazole rings is 1. The molecule has 1 aliphatic heterocycles. The first kappa shape index (κ1) is 15.4. The molecule has 1 amide bonds. The van der Waals surface area contributed by atoms with E-state index in [2.05, 4.69) is 9.97 Å². The summed E-state index contributed by atoms with van der Waals surface area (Å²) in [5.41, 5.74) is 1.62. The molecular formula is C18H19N3O2S. The highest BCUT2D eigenvalue weighted by Crippen LogP contribution is 2.35. The fourth-order valence-corrected chi connectivity index (χ4v) is 4.63.